The normalized spacial score (nSPS) is 15.8. The molecule has 0 radical (unpaired) electrons. The third kappa shape index (κ3) is 5.68. The predicted molar refractivity (Wildman–Crippen MR) is 108 cm³/mol. The molecule has 0 spiro atoms. The van der Waals surface area contributed by atoms with Crippen LogP contribution in [0.3, 0.4) is 0 Å². The van der Waals surface area contributed by atoms with E-state index in [0.29, 0.717) is 5.69 Å². The highest BCUT2D eigenvalue weighted by molar-refractivity contribution is 7.99. The van der Waals surface area contributed by atoms with Gasteiger partial charge in [0.05, 0.1) is 19.5 Å². The summed E-state index contributed by atoms with van der Waals surface area (Å²) >= 11 is 1.71. The number of nitrogens with one attached hydrogen (secondary N) is 1. The summed E-state index contributed by atoms with van der Waals surface area (Å²) in [6.07, 6.45) is 1.13. The van der Waals surface area contributed by atoms with Crippen LogP contribution >= 0.6 is 11.8 Å². The molecule has 0 amide bonds. The van der Waals surface area contributed by atoms with Crippen LogP contribution in [0.5, 0.6) is 0 Å². The summed E-state index contributed by atoms with van der Waals surface area (Å²) in [5.74, 6) is 1.74. The van der Waals surface area contributed by atoms with Crippen LogP contribution in [0, 0.1) is 0 Å². The van der Waals surface area contributed by atoms with E-state index < -0.39 is 10.0 Å². The summed E-state index contributed by atoms with van der Waals surface area (Å²) in [6.45, 7) is 7.43. The van der Waals surface area contributed by atoms with Crippen LogP contribution in [0.4, 0.5) is 5.69 Å². The van der Waals surface area contributed by atoms with E-state index in [2.05, 4.69) is 31.3 Å². The SMILES string of the molecule is CCn1c(SCCN2CCOCC2)nnc1-c1ccc(NS(C)(=O)=O)cc1. The van der Waals surface area contributed by atoms with Crippen molar-refractivity contribution in [1.82, 2.24) is 19.7 Å². The molecule has 148 valence electrons. The Hall–Kier alpha value is -1.62. The minimum atomic E-state index is -3.28. The van der Waals surface area contributed by atoms with Crippen LogP contribution in [-0.4, -0.2) is 72.9 Å². The molecule has 27 heavy (non-hydrogen) atoms. The zero-order chi connectivity index (χ0) is 19.3. The minimum Gasteiger partial charge on any atom is -0.379 e. The highest BCUT2D eigenvalue weighted by atomic mass is 32.2. The summed E-state index contributed by atoms with van der Waals surface area (Å²) in [6, 6.07) is 7.17. The number of benzene rings is 1. The fraction of sp³-hybridized carbons (Fsp3) is 0.529. The number of ether oxygens (including phenoxy) is 1. The molecule has 0 bridgehead atoms. The number of rotatable bonds is 8. The van der Waals surface area contributed by atoms with Crippen molar-refractivity contribution in [2.75, 3.05) is 49.6 Å². The molecular weight excluding hydrogens is 386 g/mol. The van der Waals surface area contributed by atoms with E-state index in [1.165, 1.54) is 0 Å². The van der Waals surface area contributed by atoms with Crippen LogP contribution < -0.4 is 4.72 Å². The highest BCUT2D eigenvalue weighted by Gasteiger charge is 2.15. The molecule has 1 N–H and O–H groups in total. The molecule has 0 saturated carbocycles. The quantitative estimate of drug-likeness (QED) is 0.662. The zero-order valence-electron chi connectivity index (χ0n) is 15.6. The van der Waals surface area contributed by atoms with E-state index in [4.69, 9.17) is 4.74 Å². The molecule has 1 saturated heterocycles. The zero-order valence-corrected chi connectivity index (χ0v) is 17.2. The standard InChI is InChI=1S/C17H25N5O3S2/c1-3-22-16(14-4-6-15(7-5-14)20-27(2,23)24)18-19-17(22)26-13-10-21-8-11-25-12-9-21/h4-7,20H,3,8-13H2,1-2H3. The van der Waals surface area contributed by atoms with Crippen molar-refractivity contribution in [2.45, 2.75) is 18.6 Å². The van der Waals surface area contributed by atoms with Crippen molar-refractivity contribution in [3.63, 3.8) is 0 Å². The number of hydrogen-bond acceptors (Lipinski definition) is 7. The van der Waals surface area contributed by atoms with Crippen molar-refractivity contribution in [3.05, 3.63) is 24.3 Å². The molecule has 2 heterocycles. The molecule has 1 aliphatic rings. The van der Waals surface area contributed by atoms with Gasteiger partial charge in [-0.05, 0) is 31.2 Å². The Labute approximate surface area is 164 Å². The molecule has 0 atom stereocenters. The summed E-state index contributed by atoms with van der Waals surface area (Å²) in [5, 5.41) is 9.60. The van der Waals surface area contributed by atoms with Crippen LogP contribution in [-0.2, 0) is 21.3 Å². The Kier molecular flexibility index (Phi) is 6.74. The number of morpholine rings is 1. The second kappa shape index (κ2) is 9.05. The number of anilines is 1. The molecular formula is C17H25N5O3S2. The lowest BCUT2D eigenvalue weighted by molar-refractivity contribution is 0.0410. The molecule has 0 unspecified atom stereocenters. The van der Waals surface area contributed by atoms with Crippen LogP contribution in [0.1, 0.15) is 6.92 Å². The first-order valence-electron chi connectivity index (χ1n) is 8.90. The number of aromatic nitrogens is 3. The fourth-order valence-electron chi connectivity index (χ4n) is 2.89. The van der Waals surface area contributed by atoms with Crippen LogP contribution in [0.2, 0.25) is 0 Å². The van der Waals surface area contributed by atoms with Crippen molar-refractivity contribution < 1.29 is 13.2 Å². The monoisotopic (exact) mass is 411 g/mol. The van der Waals surface area contributed by atoms with Crippen LogP contribution in [0.15, 0.2) is 29.4 Å². The number of hydrogen-bond donors (Lipinski definition) is 1. The van der Waals surface area contributed by atoms with Gasteiger partial charge in [-0.2, -0.15) is 0 Å². The van der Waals surface area contributed by atoms with Crippen molar-refractivity contribution in [3.8, 4) is 11.4 Å². The topological polar surface area (TPSA) is 89.3 Å². The van der Waals surface area contributed by atoms with Gasteiger partial charge < -0.3 is 9.30 Å². The fourth-order valence-corrected chi connectivity index (χ4v) is 4.45. The van der Waals surface area contributed by atoms with Gasteiger partial charge in [-0.15, -0.1) is 10.2 Å². The number of sulfonamides is 1. The lowest BCUT2D eigenvalue weighted by atomic mass is 10.2. The average molecular weight is 412 g/mol. The Morgan fingerprint density at radius 3 is 2.52 bits per heavy atom. The van der Waals surface area contributed by atoms with Gasteiger partial charge in [-0.1, -0.05) is 11.8 Å². The maximum atomic E-state index is 11.3. The molecule has 10 heteroatoms. The maximum absolute atomic E-state index is 11.3. The lowest BCUT2D eigenvalue weighted by Gasteiger charge is -2.26. The molecule has 2 aromatic rings. The maximum Gasteiger partial charge on any atom is 0.229 e. The van der Waals surface area contributed by atoms with E-state index in [-0.39, 0.29) is 0 Å². The molecule has 1 aliphatic heterocycles. The first-order valence-corrected chi connectivity index (χ1v) is 11.8. The smallest absolute Gasteiger partial charge is 0.229 e. The minimum absolute atomic E-state index is 0.531. The van der Waals surface area contributed by atoms with Gasteiger partial charge in [0.1, 0.15) is 0 Å². The van der Waals surface area contributed by atoms with E-state index in [1.54, 1.807) is 23.9 Å². The first kappa shape index (κ1) is 20.1. The number of nitrogens with zero attached hydrogens (tertiary/aromatic N) is 4. The van der Waals surface area contributed by atoms with E-state index in [1.807, 2.05) is 12.1 Å². The third-order valence-electron chi connectivity index (χ3n) is 4.22. The molecule has 1 fully saturated rings. The summed E-state index contributed by atoms with van der Waals surface area (Å²) in [5.41, 5.74) is 1.44. The van der Waals surface area contributed by atoms with Gasteiger partial charge in [0.2, 0.25) is 10.0 Å². The molecule has 1 aromatic carbocycles. The second-order valence-corrected chi connectivity index (χ2v) is 9.12. The second-order valence-electron chi connectivity index (χ2n) is 6.30. The largest absolute Gasteiger partial charge is 0.379 e. The van der Waals surface area contributed by atoms with Gasteiger partial charge in [0, 0.05) is 43.2 Å². The van der Waals surface area contributed by atoms with Gasteiger partial charge in [-0.3, -0.25) is 9.62 Å². The van der Waals surface area contributed by atoms with E-state index in [0.717, 1.165) is 67.9 Å². The Balaban J connectivity index is 1.66. The Bertz CT molecular complexity index is 846. The van der Waals surface area contributed by atoms with Crippen molar-refractivity contribution >= 4 is 27.5 Å². The molecule has 0 aliphatic carbocycles. The van der Waals surface area contributed by atoms with Crippen molar-refractivity contribution in [1.29, 1.82) is 0 Å². The van der Waals surface area contributed by atoms with Gasteiger partial charge >= 0.3 is 0 Å². The third-order valence-corrected chi connectivity index (χ3v) is 5.78. The highest BCUT2D eigenvalue weighted by Crippen LogP contribution is 2.25. The van der Waals surface area contributed by atoms with E-state index in [9.17, 15) is 8.42 Å². The lowest BCUT2D eigenvalue weighted by Crippen LogP contribution is -2.37. The average Bonchev–Trinajstić information content (AvgIpc) is 3.05. The van der Waals surface area contributed by atoms with E-state index >= 15 is 0 Å². The Morgan fingerprint density at radius 2 is 1.89 bits per heavy atom. The summed E-state index contributed by atoms with van der Waals surface area (Å²) < 4.78 is 32.6. The first-order chi connectivity index (χ1) is 13.0. The summed E-state index contributed by atoms with van der Waals surface area (Å²) in [7, 11) is -3.28. The predicted octanol–water partition coefficient (Wildman–Crippen LogP) is 1.76. The number of thioether (sulfide) groups is 1. The van der Waals surface area contributed by atoms with Gasteiger partial charge in [-0.25, -0.2) is 8.42 Å². The van der Waals surface area contributed by atoms with Crippen molar-refractivity contribution in [2.24, 2.45) is 0 Å². The van der Waals surface area contributed by atoms with Gasteiger partial charge in [0.15, 0.2) is 11.0 Å². The molecule has 8 nitrogen and oxygen atoms in total. The summed E-state index contributed by atoms with van der Waals surface area (Å²) in [4.78, 5) is 2.40. The Morgan fingerprint density at radius 1 is 1.19 bits per heavy atom. The molecule has 1 aromatic heterocycles. The van der Waals surface area contributed by atoms with Crippen LogP contribution in [0.25, 0.3) is 11.4 Å². The van der Waals surface area contributed by atoms with Gasteiger partial charge in [0.25, 0.3) is 0 Å². The molecule has 3 rings (SSSR count).